The predicted octanol–water partition coefficient (Wildman–Crippen LogP) is 1.88. The first kappa shape index (κ1) is 16.6. The molecule has 0 aromatic heterocycles. The Balaban J connectivity index is 2.18. The van der Waals surface area contributed by atoms with E-state index in [4.69, 9.17) is 5.73 Å². The maximum atomic E-state index is 12.7. The molecule has 4 N–H and O–H groups in total. The van der Waals surface area contributed by atoms with Crippen LogP contribution in [0.2, 0.25) is 0 Å². The molecular weight excluding hydrogens is 259 g/mol. The molecule has 0 aliphatic carbocycles. The van der Waals surface area contributed by atoms with E-state index in [9.17, 15) is 14.3 Å². The second kappa shape index (κ2) is 9.44. The molecule has 1 aromatic rings. The van der Waals surface area contributed by atoms with Gasteiger partial charge in [0, 0.05) is 13.0 Å². The van der Waals surface area contributed by atoms with Crippen molar-refractivity contribution >= 4 is 5.91 Å². The molecule has 5 heteroatoms. The van der Waals surface area contributed by atoms with Gasteiger partial charge in [0.2, 0.25) is 5.91 Å². The molecular formula is C15H23FN2O2. The molecule has 0 aliphatic heterocycles. The van der Waals surface area contributed by atoms with Crippen LogP contribution in [0, 0.1) is 5.82 Å². The van der Waals surface area contributed by atoms with Crippen molar-refractivity contribution in [3.8, 4) is 0 Å². The molecule has 0 fully saturated rings. The molecule has 0 saturated carbocycles. The van der Waals surface area contributed by atoms with E-state index in [0.717, 1.165) is 25.7 Å². The van der Waals surface area contributed by atoms with E-state index in [1.807, 2.05) is 0 Å². The predicted molar refractivity (Wildman–Crippen MR) is 76.5 cm³/mol. The number of carbonyl (C=O) groups is 1. The van der Waals surface area contributed by atoms with Gasteiger partial charge in [-0.3, -0.25) is 4.79 Å². The number of rotatable bonds is 9. The SMILES string of the molecule is NCCCCCCC(=O)NCC(O)c1ccc(F)cc1. The summed E-state index contributed by atoms with van der Waals surface area (Å²) >= 11 is 0. The van der Waals surface area contributed by atoms with Gasteiger partial charge in [-0.05, 0) is 37.1 Å². The molecule has 0 saturated heterocycles. The second-order valence-corrected chi connectivity index (χ2v) is 4.82. The second-order valence-electron chi connectivity index (χ2n) is 4.82. The molecule has 1 amide bonds. The Kier molecular flexibility index (Phi) is 7.84. The lowest BCUT2D eigenvalue weighted by Gasteiger charge is -2.12. The van der Waals surface area contributed by atoms with Crippen molar-refractivity contribution in [2.45, 2.75) is 38.2 Å². The number of hydrogen-bond donors (Lipinski definition) is 3. The lowest BCUT2D eigenvalue weighted by Crippen LogP contribution is -2.28. The first-order valence-electron chi connectivity index (χ1n) is 7.03. The van der Waals surface area contributed by atoms with Crippen molar-refractivity contribution in [1.82, 2.24) is 5.32 Å². The third-order valence-electron chi connectivity index (χ3n) is 3.11. The molecule has 20 heavy (non-hydrogen) atoms. The number of halogens is 1. The van der Waals surface area contributed by atoms with Crippen LogP contribution in [0.4, 0.5) is 4.39 Å². The largest absolute Gasteiger partial charge is 0.387 e. The Morgan fingerprint density at radius 1 is 1.20 bits per heavy atom. The van der Waals surface area contributed by atoms with Gasteiger partial charge in [0.1, 0.15) is 5.82 Å². The minimum absolute atomic E-state index is 0.0705. The van der Waals surface area contributed by atoms with E-state index in [1.54, 1.807) is 0 Å². The lowest BCUT2D eigenvalue weighted by atomic mass is 10.1. The number of aliphatic hydroxyl groups is 1. The van der Waals surface area contributed by atoms with E-state index >= 15 is 0 Å². The fourth-order valence-corrected chi connectivity index (χ4v) is 1.89. The molecule has 1 aromatic carbocycles. The van der Waals surface area contributed by atoms with Crippen LogP contribution in [0.25, 0.3) is 0 Å². The zero-order valence-electron chi connectivity index (χ0n) is 11.6. The van der Waals surface area contributed by atoms with Crippen LogP contribution in [0.1, 0.15) is 43.8 Å². The highest BCUT2D eigenvalue weighted by Crippen LogP contribution is 2.12. The number of nitrogens with one attached hydrogen (secondary N) is 1. The summed E-state index contributed by atoms with van der Waals surface area (Å²) in [5, 5.41) is 12.5. The molecule has 1 rings (SSSR count). The highest BCUT2D eigenvalue weighted by atomic mass is 19.1. The number of benzene rings is 1. The van der Waals surface area contributed by atoms with E-state index in [0.29, 0.717) is 18.5 Å². The van der Waals surface area contributed by atoms with Crippen LogP contribution >= 0.6 is 0 Å². The van der Waals surface area contributed by atoms with Crippen LogP contribution < -0.4 is 11.1 Å². The zero-order chi connectivity index (χ0) is 14.8. The summed E-state index contributed by atoms with van der Waals surface area (Å²) in [6.07, 6.45) is 3.51. The Hall–Kier alpha value is -1.46. The maximum Gasteiger partial charge on any atom is 0.220 e. The molecule has 1 unspecified atom stereocenters. The van der Waals surface area contributed by atoms with Gasteiger partial charge >= 0.3 is 0 Å². The summed E-state index contributed by atoms with van der Waals surface area (Å²) in [5.74, 6) is -0.415. The number of aliphatic hydroxyl groups excluding tert-OH is 1. The van der Waals surface area contributed by atoms with Crippen molar-refractivity contribution in [3.63, 3.8) is 0 Å². The van der Waals surface area contributed by atoms with Crippen molar-refractivity contribution in [2.24, 2.45) is 5.73 Å². The summed E-state index contributed by atoms with van der Waals surface area (Å²) in [4.78, 5) is 11.6. The van der Waals surface area contributed by atoms with Crippen molar-refractivity contribution in [3.05, 3.63) is 35.6 Å². The molecule has 4 nitrogen and oxygen atoms in total. The molecule has 0 radical (unpaired) electrons. The highest BCUT2D eigenvalue weighted by molar-refractivity contribution is 5.75. The number of amides is 1. The van der Waals surface area contributed by atoms with Gasteiger partial charge in [0.25, 0.3) is 0 Å². The summed E-state index contributed by atoms with van der Waals surface area (Å²) in [6.45, 7) is 0.837. The normalized spacial score (nSPS) is 12.2. The van der Waals surface area contributed by atoms with Gasteiger partial charge in [-0.1, -0.05) is 25.0 Å². The van der Waals surface area contributed by atoms with Crippen LogP contribution in [0.15, 0.2) is 24.3 Å². The average molecular weight is 282 g/mol. The topological polar surface area (TPSA) is 75.4 Å². The summed E-state index contributed by atoms with van der Waals surface area (Å²) < 4.78 is 12.7. The smallest absolute Gasteiger partial charge is 0.220 e. The highest BCUT2D eigenvalue weighted by Gasteiger charge is 2.09. The summed E-state index contributed by atoms with van der Waals surface area (Å²) in [6, 6.07) is 5.60. The number of nitrogens with two attached hydrogens (primary N) is 1. The van der Waals surface area contributed by atoms with Gasteiger partial charge in [-0.2, -0.15) is 0 Å². The monoisotopic (exact) mass is 282 g/mol. The molecule has 0 aliphatic rings. The molecule has 0 spiro atoms. The van der Waals surface area contributed by atoms with Crippen molar-refractivity contribution in [2.75, 3.05) is 13.1 Å². The third kappa shape index (κ3) is 6.63. The Labute approximate surface area is 119 Å². The van der Waals surface area contributed by atoms with Gasteiger partial charge in [0.05, 0.1) is 6.10 Å². The fraction of sp³-hybridized carbons (Fsp3) is 0.533. The van der Waals surface area contributed by atoms with E-state index in [1.165, 1.54) is 24.3 Å². The van der Waals surface area contributed by atoms with E-state index < -0.39 is 6.10 Å². The zero-order valence-corrected chi connectivity index (χ0v) is 11.6. The van der Waals surface area contributed by atoms with Gasteiger partial charge in [0.15, 0.2) is 0 Å². The first-order valence-corrected chi connectivity index (χ1v) is 7.03. The number of carbonyl (C=O) groups excluding carboxylic acids is 1. The maximum absolute atomic E-state index is 12.7. The first-order chi connectivity index (χ1) is 9.63. The quantitative estimate of drug-likeness (QED) is 0.605. The number of unbranched alkanes of at least 4 members (excludes halogenated alkanes) is 3. The minimum Gasteiger partial charge on any atom is -0.387 e. The Morgan fingerprint density at radius 2 is 1.85 bits per heavy atom. The van der Waals surface area contributed by atoms with Crippen LogP contribution in [0.3, 0.4) is 0 Å². The number of hydrogen-bond acceptors (Lipinski definition) is 3. The lowest BCUT2D eigenvalue weighted by molar-refractivity contribution is -0.121. The average Bonchev–Trinajstić information content (AvgIpc) is 2.45. The summed E-state index contributed by atoms with van der Waals surface area (Å²) in [5.41, 5.74) is 5.98. The van der Waals surface area contributed by atoms with Crippen LogP contribution in [-0.2, 0) is 4.79 Å². The third-order valence-corrected chi connectivity index (χ3v) is 3.11. The Bertz CT molecular complexity index is 395. The van der Waals surface area contributed by atoms with E-state index in [-0.39, 0.29) is 18.3 Å². The fourth-order valence-electron chi connectivity index (χ4n) is 1.89. The van der Waals surface area contributed by atoms with Gasteiger partial charge in [-0.25, -0.2) is 4.39 Å². The van der Waals surface area contributed by atoms with Crippen LogP contribution in [0.5, 0.6) is 0 Å². The standard InChI is InChI=1S/C15H23FN2O2/c16-13-8-6-12(7-9-13)14(19)11-18-15(20)5-3-1-2-4-10-17/h6-9,14,19H,1-5,10-11,17H2,(H,18,20). The van der Waals surface area contributed by atoms with Crippen LogP contribution in [-0.4, -0.2) is 24.1 Å². The van der Waals surface area contributed by atoms with Crippen molar-refractivity contribution < 1.29 is 14.3 Å². The van der Waals surface area contributed by atoms with Crippen molar-refractivity contribution in [1.29, 1.82) is 0 Å². The van der Waals surface area contributed by atoms with Gasteiger partial charge in [-0.15, -0.1) is 0 Å². The van der Waals surface area contributed by atoms with Gasteiger partial charge < -0.3 is 16.2 Å². The summed E-state index contributed by atoms with van der Waals surface area (Å²) in [7, 11) is 0. The van der Waals surface area contributed by atoms with E-state index in [2.05, 4.69) is 5.32 Å². The Morgan fingerprint density at radius 3 is 2.50 bits per heavy atom. The molecule has 1 atom stereocenters. The molecule has 112 valence electrons. The molecule has 0 bridgehead atoms. The molecule has 0 heterocycles. The minimum atomic E-state index is -0.809.